The van der Waals surface area contributed by atoms with E-state index in [1.165, 1.54) is 26.4 Å². The number of nitrogens with zero attached hydrogens (tertiary/aromatic N) is 2. The summed E-state index contributed by atoms with van der Waals surface area (Å²) in [6, 6.07) is 10.9. The number of nitrogen functional groups attached to an aromatic ring is 1. The third-order valence-electron chi connectivity index (χ3n) is 5.23. The van der Waals surface area contributed by atoms with Gasteiger partial charge in [-0.3, -0.25) is 5.21 Å². The number of benzene rings is 2. The van der Waals surface area contributed by atoms with Crippen LogP contribution in [0.2, 0.25) is 0 Å². The number of carbonyl (C=O) groups excluding carboxylic acids is 1. The number of hydrogen-bond acceptors (Lipinski definition) is 6. The van der Waals surface area contributed by atoms with Crippen molar-refractivity contribution in [3.8, 4) is 0 Å². The third kappa shape index (κ3) is 3.20. The molecular weight excluding hydrogens is 330 g/mol. The summed E-state index contributed by atoms with van der Waals surface area (Å²) in [4.78, 5) is 13.8. The molecule has 2 aromatic rings. The number of esters is 1. The quantitative estimate of drug-likeness (QED) is 0.481. The second kappa shape index (κ2) is 7.25. The first-order valence-electron chi connectivity index (χ1n) is 8.73. The lowest BCUT2D eigenvalue weighted by atomic mass is 9.91. The summed E-state index contributed by atoms with van der Waals surface area (Å²) in [7, 11) is 3.42. The maximum atomic E-state index is 11.5. The molecule has 1 fully saturated rings. The predicted molar refractivity (Wildman–Crippen MR) is 103 cm³/mol. The molecule has 6 nitrogen and oxygen atoms in total. The van der Waals surface area contributed by atoms with Crippen LogP contribution in [0.5, 0.6) is 0 Å². The highest BCUT2D eigenvalue weighted by Gasteiger charge is 2.24. The first kappa shape index (κ1) is 18.1. The van der Waals surface area contributed by atoms with Gasteiger partial charge in [-0.2, -0.15) is 0 Å². The molecule has 1 aliphatic rings. The normalized spacial score (nSPS) is 13.8. The number of anilines is 4. The molecule has 0 spiro atoms. The molecule has 1 aliphatic carbocycles. The Bertz CT molecular complexity index is 801. The molecule has 0 radical (unpaired) electrons. The lowest BCUT2D eigenvalue weighted by Gasteiger charge is -2.37. The highest BCUT2D eigenvalue weighted by Crippen LogP contribution is 2.38. The lowest BCUT2D eigenvalue weighted by Crippen LogP contribution is -2.37. The minimum absolute atomic E-state index is 0.417. The van der Waals surface area contributed by atoms with E-state index in [1.54, 1.807) is 24.3 Å². The van der Waals surface area contributed by atoms with Crippen molar-refractivity contribution in [3.63, 3.8) is 0 Å². The maximum absolute atomic E-state index is 11.5. The Morgan fingerprint density at radius 3 is 2.31 bits per heavy atom. The van der Waals surface area contributed by atoms with Crippen molar-refractivity contribution in [2.75, 3.05) is 29.9 Å². The number of ether oxygens (including phenoxy) is 1. The third-order valence-corrected chi connectivity index (χ3v) is 5.23. The Morgan fingerprint density at radius 2 is 1.77 bits per heavy atom. The summed E-state index contributed by atoms with van der Waals surface area (Å²) >= 11 is 0. The topological polar surface area (TPSA) is 79.0 Å². The number of methoxy groups -OCH3 is 1. The fourth-order valence-corrected chi connectivity index (χ4v) is 3.24. The maximum Gasteiger partial charge on any atom is 0.337 e. The molecule has 3 rings (SSSR count). The van der Waals surface area contributed by atoms with E-state index in [0.29, 0.717) is 28.7 Å². The molecule has 6 heteroatoms. The van der Waals surface area contributed by atoms with Crippen molar-refractivity contribution >= 4 is 28.7 Å². The van der Waals surface area contributed by atoms with Crippen molar-refractivity contribution in [1.82, 2.24) is 0 Å². The zero-order valence-electron chi connectivity index (χ0n) is 15.4. The van der Waals surface area contributed by atoms with E-state index in [9.17, 15) is 10.0 Å². The van der Waals surface area contributed by atoms with Gasteiger partial charge < -0.3 is 15.4 Å². The van der Waals surface area contributed by atoms with E-state index in [-0.39, 0.29) is 0 Å². The number of rotatable bonds is 5. The number of carbonyl (C=O) groups is 1. The van der Waals surface area contributed by atoms with Crippen molar-refractivity contribution in [1.29, 1.82) is 0 Å². The second-order valence-electron chi connectivity index (χ2n) is 6.69. The fourth-order valence-electron chi connectivity index (χ4n) is 3.24. The van der Waals surface area contributed by atoms with Crippen LogP contribution in [0.3, 0.4) is 0 Å². The summed E-state index contributed by atoms with van der Waals surface area (Å²) in [6.07, 6.45) is 3.68. The standard InChI is InChI=1S/C20H25N3O3/c1-13-17(22(2)15-5-4-6-15)11-12-18(19(13)21)23(25)16-9-7-14(8-10-16)20(24)26-3/h7-12,15,25H,4-6,21H2,1-3H3. The Labute approximate surface area is 153 Å². The first-order valence-corrected chi connectivity index (χ1v) is 8.73. The van der Waals surface area contributed by atoms with Gasteiger partial charge in [-0.05, 0) is 68.1 Å². The van der Waals surface area contributed by atoms with Crippen LogP contribution >= 0.6 is 0 Å². The molecule has 0 aromatic heterocycles. The van der Waals surface area contributed by atoms with Crippen LogP contribution in [0, 0.1) is 6.92 Å². The van der Waals surface area contributed by atoms with Crippen LogP contribution in [-0.4, -0.2) is 31.4 Å². The molecular formula is C20H25N3O3. The van der Waals surface area contributed by atoms with Crippen LogP contribution in [0.1, 0.15) is 35.2 Å². The SMILES string of the molecule is COC(=O)c1ccc(N(O)c2ccc(N(C)C3CCC3)c(C)c2N)cc1. The average Bonchev–Trinajstić information content (AvgIpc) is 2.61. The van der Waals surface area contributed by atoms with Crippen molar-refractivity contribution in [3.05, 3.63) is 47.5 Å². The summed E-state index contributed by atoms with van der Waals surface area (Å²) in [6.45, 7) is 1.97. The summed E-state index contributed by atoms with van der Waals surface area (Å²) in [5, 5.41) is 11.6. The molecule has 0 amide bonds. The van der Waals surface area contributed by atoms with E-state index in [4.69, 9.17) is 5.73 Å². The molecule has 0 bridgehead atoms. The first-order chi connectivity index (χ1) is 12.4. The predicted octanol–water partition coefficient (Wildman–Crippen LogP) is 3.88. The van der Waals surface area contributed by atoms with Crippen LogP contribution in [0.15, 0.2) is 36.4 Å². The van der Waals surface area contributed by atoms with E-state index >= 15 is 0 Å². The van der Waals surface area contributed by atoms with Crippen LogP contribution in [0.25, 0.3) is 0 Å². The van der Waals surface area contributed by atoms with Gasteiger partial charge in [0.1, 0.15) is 0 Å². The van der Waals surface area contributed by atoms with Crippen molar-refractivity contribution in [2.24, 2.45) is 0 Å². The number of nitrogens with two attached hydrogens (primary N) is 1. The highest BCUT2D eigenvalue weighted by atomic mass is 16.5. The van der Waals surface area contributed by atoms with E-state index < -0.39 is 5.97 Å². The molecule has 0 aliphatic heterocycles. The number of hydrogen-bond donors (Lipinski definition) is 2. The van der Waals surface area contributed by atoms with Crippen LogP contribution in [0.4, 0.5) is 22.7 Å². The smallest absolute Gasteiger partial charge is 0.337 e. The summed E-state index contributed by atoms with van der Waals surface area (Å²) in [5.74, 6) is -0.417. The fraction of sp³-hybridized carbons (Fsp3) is 0.350. The van der Waals surface area contributed by atoms with Gasteiger partial charge >= 0.3 is 5.97 Å². The molecule has 1 saturated carbocycles. The summed E-state index contributed by atoms with van der Waals surface area (Å²) in [5.41, 5.74) is 10.3. The Balaban J connectivity index is 1.86. The summed E-state index contributed by atoms with van der Waals surface area (Å²) < 4.78 is 4.69. The van der Waals surface area contributed by atoms with E-state index in [0.717, 1.165) is 16.3 Å². The van der Waals surface area contributed by atoms with Gasteiger partial charge in [0.05, 0.1) is 29.7 Å². The van der Waals surface area contributed by atoms with Gasteiger partial charge in [0.15, 0.2) is 0 Å². The van der Waals surface area contributed by atoms with Crippen LogP contribution in [-0.2, 0) is 4.74 Å². The second-order valence-corrected chi connectivity index (χ2v) is 6.69. The highest BCUT2D eigenvalue weighted by molar-refractivity contribution is 5.90. The zero-order valence-corrected chi connectivity index (χ0v) is 15.4. The van der Waals surface area contributed by atoms with Crippen LogP contribution < -0.4 is 15.7 Å². The van der Waals surface area contributed by atoms with E-state index in [1.807, 2.05) is 19.1 Å². The van der Waals surface area contributed by atoms with Crippen molar-refractivity contribution < 1.29 is 14.7 Å². The molecule has 3 N–H and O–H groups in total. The molecule has 0 unspecified atom stereocenters. The molecule has 0 atom stereocenters. The van der Waals surface area contributed by atoms with Gasteiger partial charge in [0, 0.05) is 18.8 Å². The molecule has 2 aromatic carbocycles. The van der Waals surface area contributed by atoms with Gasteiger partial charge in [-0.15, -0.1) is 0 Å². The largest absolute Gasteiger partial charge is 0.465 e. The van der Waals surface area contributed by atoms with Gasteiger partial charge in [0.25, 0.3) is 0 Å². The molecule has 0 heterocycles. The monoisotopic (exact) mass is 355 g/mol. The minimum Gasteiger partial charge on any atom is -0.465 e. The van der Waals surface area contributed by atoms with Gasteiger partial charge in [0.2, 0.25) is 0 Å². The average molecular weight is 355 g/mol. The lowest BCUT2D eigenvalue weighted by molar-refractivity contribution is 0.0600. The van der Waals surface area contributed by atoms with E-state index in [2.05, 4.69) is 16.7 Å². The molecule has 138 valence electrons. The Morgan fingerprint density at radius 1 is 1.15 bits per heavy atom. The minimum atomic E-state index is -0.417. The Kier molecular flexibility index (Phi) is 5.04. The van der Waals surface area contributed by atoms with Gasteiger partial charge in [-0.25, -0.2) is 9.86 Å². The molecule has 0 saturated heterocycles. The van der Waals surface area contributed by atoms with Gasteiger partial charge in [-0.1, -0.05) is 0 Å². The zero-order chi connectivity index (χ0) is 18.8. The van der Waals surface area contributed by atoms with Crippen molar-refractivity contribution in [2.45, 2.75) is 32.2 Å². The Hall–Kier alpha value is -2.73. The molecule has 26 heavy (non-hydrogen) atoms.